The van der Waals surface area contributed by atoms with Gasteiger partial charge in [-0.05, 0) is 18.8 Å². The highest BCUT2D eigenvalue weighted by Gasteiger charge is 2.12. The summed E-state index contributed by atoms with van der Waals surface area (Å²) in [4.78, 5) is 13.0. The molecule has 17 heavy (non-hydrogen) atoms. The van der Waals surface area contributed by atoms with E-state index in [1.165, 1.54) is 30.6 Å². The minimum absolute atomic E-state index is 0.0975. The molecule has 0 radical (unpaired) electrons. The van der Waals surface area contributed by atoms with Crippen LogP contribution in [-0.2, 0) is 0 Å². The van der Waals surface area contributed by atoms with E-state index in [1.54, 1.807) is 6.20 Å². The quantitative estimate of drug-likeness (QED) is 0.641. The Bertz CT molecular complexity index is 244. The summed E-state index contributed by atoms with van der Waals surface area (Å²) in [5.74, 6) is 0.583. The lowest BCUT2D eigenvalue weighted by Gasteiger charge is -2.19. The Balaban J connectivity index is 2.29. The zero-order chi connectivity index (χ0) is 12.5. The van der Waals surface area contributed by atoms with E-state index >= 15 is 0 Å². The fourth-order valence-corrected chi connectivity index (χ4v) is 2.05. The van der Waals surface area contributed by atoms with Gasteiger partial charge in [-0.2, -0.15) is 0 Å². The summed E-state index contributed by atoms with van der Waals surface area (Å²) < 4.78 is 0. The van der Waals surface area contributed by atoms with Gasteiger partial charge in [0.25, 0.3) is 0 Å². The van der Waals surface area contributed by atoms with Gasteiger partial charge in [0, 0.05) is 19.3 Å². The first-order valence-electron chi connectivity index (χ1n) is 6.21. The van der Waals surface area contributed by atoms with Gasteiger partial charge in [0.2, 0.25) is 0 Å². The molecule has 0 spiro atoms. The molecule has 98 valence electrons. The molecule has 1 saturated carbocycles. The molecule has 2 amide bonds. The maximum absolute atomic E-state index is 11.6. The molecule has 3 N–H and O–H groups in total. The number of rotatable bonds is 6. The molecule has 0 saturated heterocycles. The van der Waals surface area contributed by atoms with Gasteiger partial charge < -0.3 is 20.4 Å². The van der Waals surface area contributed by atoms with Crippen molar-refractivity contribution in [2.75, 3.05) is 26.3 Å². The Morgan fingerprint density at radius 3 is 2.35 bits per heavy atom. The number of aliphatic hydroxyl groups is 2. The molecule has 0 atom stereocenters. The lowest BCUT2D eigenvalue weighted by molar-refractivity contribution is 0.161. The topological polar surface area (TPSA) is 72.8 Å². The maximum Gasteiger partial charge on any atom is 0.321 e. The number of allylic oxidation sites excluding steroid dienone is 1. The van der Waals surface area contributed by atoms with Crippen molar-refractivity contribution in [3.8, 4) is 0 Å². The number of hydrogen-bond donors (Lipinski definition) is 3. The smallest absolute Gasteiger partial charge is 0.321 e. The van der Waals surface area contributed by atoms with Gasteiger partial charge in [-0.3, -0.25) is 0 Å². The zero-order valence-corrected chi connectivity index (χ0v) is 10.1. The van der Waals surface area contributed by atoms with Gasteiger partial charge in [0.15, 0.2) is 0 Å². The van der Waals surface area contributed by atoms with Crippen LogP contribution in [0.1, 0.15) is 25.7 Å². The second kappa shape index (κ2) is 8.08. The summed E-state index contributed by atoms with van der Waals surface area (Å²) in [6, 6.07) is -0.276. The first kappa shape index (κ1) is 14.0. The van der Waals surface area contributed by atoms with E-state index in [2.05, 4.69) is 5.32 Å². The van der Waals surface area contributed by atoms with E-state index in [9.17, 15) is 4.79 Å². The summed E-state index contributed by atoms with van der Waals surface area (Å²) in [5.41, 5.74) is 0. The Morgan fingerprint density at radius 2 is 1.82 bits per heavy atom. The molecule has 0 unspecified atom stereocenters. The fourth-order valence-electron chi connectivity index (χ4n) is 2.05. The number of nitrogens with zero attached hydrogens (tertiary/aromatic N) is 1. The van der Waals surface area contributed by atoms with Crippen LogP contribution in [0.25, 0.3) is 0 Å². The third kappa shape index (κ3) is 5.19. The van der Waals surface area contributed by atoms with Gasteiger partial charge >= 0.3 is 6.03 Å². The number of carbonyl (C=O) groups is 1. The second-order valence-corrected chi connectivity index (χ2v) is 4.29. The van der Waals surface area contributed by atoms with E-state index in [1.807, 2.05) is 6.08 Å². The molecule has 1 aliphatic carbocycles. The molecule has 0 aromatic heterocycles. The molecule has 1 fully saturated rings. The van der Waals surface area contributed by atoms with Crippen LogP contribution in [0, 0.1) is 5.92 Å². The average Bonchev–Trinajstić information content (AvgIpc) is 2.81. The van der Waals surface area contributed by atoms with Crippen molar-refractivity contribution in [2.45, 2.75) is 25.7 Å². The average molecular weight is 242 g/mol. The largest absolute Gasteiger partial charge is 0.395 e. The van der Waals surface area contributed by atoms with Crippen molar-refractivity contribution >= 4 is 6.03 Å². The van der Waals surface area contributed by atoms with E-state index < -0.39 is 0 Å². The molecule has 0 aromatic rings. The zero-order valence-electron chi connectivity index (χ0n) is 10.1. The summed E-state index contributed by atoms with van der Waals surface area (Å²) in [6.07, 6.45) is 8.64. The standard InChI is InChI=1S/C12H22N2O3/c15-9-7-14(8-10-16)12(17)13-6-5-11-3-1-2-4-11/h5-6,11,15-16H,1-4,7-10H2,(H,13,17)/b6-5+. The second-order valence-electron chi connectivity index (χ2n) is 4.29. The van der Waals surface area contributed by atoms with Crippen molar-refractivity contribution in [3.05, 3.63) is 12.3 Å². The Labute approximate surface area is 102 Å². The number of hydrogen-bond acceptors (Lipinski definition) is 3. The summed E-state index contributed by atoms with van der Waals surface area (Å²) in [5, 5.41) is 20.2. The summed E-state index contributed by atoms with van der Waals surface area (Å²) in [7, 11) is 0. The predicted molar refractivity (Wildman–Crippen MR) is 65.4 cm³/mol. The number of aliphatic hydroxyl groups excluding tert-OH is 2. The van der Waals surface area contributed by atoms with Crippen molar-refractivity contribution in [2.24, 2.45) is 5.92 Å². The van der Waals surface area contributed by atoms with Crippen molar-refractivity contribution in [1.82, 2.24) is 10.2 Å². The first-order chi connectivity index (χ1) is 8.27. The molecule has 0 aromatic carbocycles. The molecule has 0 bridgehead atoms. The summed E-state index contributed by atoms with van der Waals surface area (Å²) in [6.45, 7) is 0.285. The van der Waals surface area contributed by atoms with E-state index in [4.69, 9.17) is 10.2 Å². The number of carbonyl (C=O) groups excluding carboxylic acids is 1. The third-order valence-electron chi connectivity index (χ3n) is 3.00. The lowest BCUT2D eigenvalue weighted by atomic mass is 10.1. The highest BCUT2D eigenvalue weighted by Crippen LogP contribution is 2.25. The van der Waals surface area contributed by atoms with Crippen LogP contribution in [0.2, 0.25) is 0 Å². The van der Waals surface area contributed by atoms with Crippen LogP contribution in [0.15, 0.2) is 12.3 Å². The van der Waals surface area contributed by atoms with Crippen LogP contribution in [0.4, 0.5) is 4.79 Å². The molecular formula is C12H22N2O3. The highest BCUT2D eigenvalue weighted by atomic mass is 16.3. The Morgan fingerprint density at radius 1 is 1.24 bits per heavy atom. The third-order valence-corrected chi connectivity index (χ3v) is 3.00. The SMILES string of the molecule is O=C(N/C=C/C1CCCC1)N(CCO)CCO. The lowest BCUT2D eigenvalue weighted by Crippen LogP contribution is -2.41. The minimum atomic E-state index is -0.276. The normalized spacial score (nSPS) is 16.6. The van der Waals surface area contributed by atoms with Crippen LogP contribution >= 0.6 is 0 Å². The summed E-state index contributed by atoms with van der Waals surface area (Å²) >= 11 is 0. The van der Waals surface area contributed by atoms with Gasteiger partial charge in [-0.25, -0.2) is 4.79 Å². The predicted octanol–water partition coefficient (Wildman–Crippen LogP) is 0.686. The Hall–Kier alpha value is -1.07. The molecule has 5 nitrogen and oxygen atoms in total. The van der Waals surface area contributed by atoms with Crippen LogP contribution in [-0.4, -0.2) is 47.4 Å². The number of urea groups is 1. The van der Waals surface area contributed by atoms with Crippen molar-refractivity contribution in [1.29, 1.82) is 0 Å². The van der Waals surface area contributed by atoms with Gasteiger partial charge in [0.05, 0.1) is 13.2 Å². The fraction of sp³-hybridized carbons (Fsp3) is 0.750. The van der Waals surface area contributed by atoms with Gasteiger partial charge in [0.1, 0.15) is 0 Å². The Kier molecular flexibility index (Phi) is 6.65. The molecular weight excluding hydrogens is 220 g/mol. The van der Waals surface area contributed by atoms with Crippen molar-refractivity contribution in [3.63, 3.8) is 0 Å². The van der Waals surface area contributed by atoms with Crippen LogP contribution in [0.3, 0.4) is 0 Å². The first-order valence-corrected chi connectivity index (χ1v) is 6.21. The van der Waals surface area contributed by atoms with Gasteiger partial charge in [-0.1, -0.05) is 18.9 Å². The molecule has 1 rings (SSSR count). The maximum atomic E-state index is 11.6. The minimum Gasteiger partial charge on any atom is -0.395 e. The molecule has 5 heteroatoms. The molecule has 1 aliphatic rings. The van der Waals surface area contributed by atoms with E-state index in [0.29, 0.717) is 5.92 Å². The molecule has 0 aliphatic heterocycles. The monoisotopic (exact) mass is 242 g/mol. The van der Waals surface area contributed by atoms with E-state index in [0.717, 1.165) is 0 Å². The number of amides is 2. The molecule has 0 heterocycles. The highest BCUT2D eigenvalue weighted by molar-refractivity contribution is 5.75. The van der Waals surface area contributed by atoms with Crippen molar-refractivity contribution < 1.29 is 15.0 Å². The van der Waals surface area contributed by atoms with Gasteiger partial charge in [-0.15, -0.1) is 0 Å². The van der Waals surface area contributed by atoms with Crippen LogP contribution in [0.5, 0.6) is 0 Å². The van der Waals surface area contributed by atoms with Crippen LogP contribution < -0.4 is 5.32 Å². The van der Waals surface area contributed by atoms with E-state index in [-0.39, 0.29) is 32.3 Å². The number of nitrogens with one attached hydrogen (secondary N) is 1.